The largest absolute Gasteiger partial charge is 0.416 e. The van der Waals surface area contributed by atoms with Crippen molar-refractivity contribution in [3.05, 3.63) is 29.8 Å². The van der Waals surface area contributed by atoms with Gasteiger partial charge in [0.1, 0.15) is 6.29 Å². The molecule has 0 radical (unpaired) electrons. The predicted octanol–water partition coefficient (Wildman–Crippen LogP) is 3.47. The summed E-state index contributed by atoms with van der Waals surface area (Å²) in [5.74, 6) is 0. The molecular weight excluding hydrogens is 245 g/mol. The molecule has 0 fully saturated rings. The number of anilines is 1. The van der Waals surface area contributed by atoms with Gasteiger partial charge in [0.05, 0.1) is 11.3 Å². The third kappa shape index (κ3) is 4.99. The van der Waals surface area contributed by atoms with Crippen LogP contribution in [0.2, 0.25) is 0 Å². The molecule has 6 heteroatoms. The highest BCUT2D eigenvalue weighted by atomic mass is 19.4. The first-order valence-corrected chi connectivity index (χ1v) is 5.42. The molecule has 0 amide bonds. The van der Waals surface area contributed by atoms with Gasteiger partial charge in [-0.05, 0) is 37.1 Å². The summed E-state index contributed by atoms with van der Waals surface area (Å²) in [7, 11) is 0. The number of nitrogens with zero attached hydrogens (tertiary/aromatic N) is 1. The minimum atomic E-state index is -4.32. The monoisotopic (exact) mass is 258 g/mol. The van der Waals surface area contributed by atoms with Gasteiger partial charge < -0.3 is 4.79 Å². The molecule has 0 heterocycles. The van der Waals surface area contributed by atoms with E-state index in [0.29, 0.717) is 24.9 Å². The summed E-state index contributed by atoms with van der Waals surface area (Å²) in [6, 6.07) is 4.60. The number of carbonyl (C=O) groups is 1. The highest BCUT2D eigenvalue weighted by Gasteiger charge is 2.29. The number of rotatable bonds is 6. The molecule has 98 valence electrons. The molecule has 0 spiro atoms. The predicted molar refractivity (Wildman–Crippen MR) is 63.5 cm³/mol. The van der Waals surface area contributed by atoms with Crippen LogP contribution in [0.15, 0.2) is 29.4 Å². The molecule has 1 aromatic rings. The van der Waals surface area contributed by atoms with Crippen LogP contribution in [0.4, 0.5) is 18.9 Å². The van der Waals surface area contributed by atoms with Crippen molar-refractivity contribution >= 4 is 18.2 Å². The summed E-state index contributed by atoms with van der Waals surface area (Å²) in [5.41, 5.74) is 2.40. The number of alkyl halides is 3. The molecule has 0 aliphatic heterocycles. The molecule has 0 aliphatic rings. The number of halogens is 3. The first-order valence-electron chi connectivity index (χ1n) is 5.42. The molecule has 3 nitrogen and oxygen atoms in total. The molecule has 0 aliphatic carbocycles. The van der Waals surface area contributed by atoms with Gasteiger partial charge in [-0.25, -0.2) is 0 Å². The average Bonchev–Trinajstić information content (AvgIpc) is 2.33. The molecule has 0 aromatic heterocycles. The Morgan fingerprint density at radius 2 is 1.83 bits per heavy atom. The van der Waals surface area contributed by atoms with E-state index in [1.165, 1.54) is 12.1 Å². The van der Waals surface area contributed by atoms with Gasteiger partial charge in [-0.3, -0.25) is 5.43 Å². The first kappa shape index (κ1) is 14.2. The van der Waals surface area contributed by atoms with Crippen molar-refractivity contribution < 1.29 is 18.0 Å². The zero-order valence-corrected chi connectivity index (χ0v) is 9.57. The topological polar surface area (TPSA) is 41.5 Å². The van der Waals surface area contributed by atoms with Gasteiger partial charge in [0.2, 0.25) is 0 Å². The van der Waals surface area contributed by atoms with Crippen LogP contribution in [0.3, 0.4) is 0 Å². The molecule has 0 atom stereocenters. The van der Waals surface area contributed by atoms with Gasteiger partial charge in [-0.2, -0.15) is 18.3 Å². The fourth-order valence-corrected chi connectivity index (χ4v) is 1.21. The average molecular weight is 258 g/mol. The fourth-order valence-electron chi connectivity index (χ4n) is 1.21. The van der Waals surface area contributed by atoms with E-state index >= 15 is 0 Å². The van der Waals surface area contributed by atoms with E-state index in [2.05, 4.69) is 10.5 Å². The third-order valence-electron chi connectivity index (χ3n) is 2.15. The van der Waals surface area contributed by atoms with Gasteiger partial charge in [0, 0.05) is 12.6 Å². The lowest BCUT2D eigenvalue weighted by Gasteiger charge is -2.06. The number of benzene rings is 1. The second-order valence-electron chi connectivity index (χ2n) is 3.60. The summed E-state index contributed by atoms with van der Waals surface area (Å²) >= 11 is 0. The molecule has 1 rings (SSSR count). The molecule has 0 saturated heterocycles. The number of carbonyl (C=O) groups excluding carboxylic acids is 1. The van der Waals surface area contributed by atoms with Crippen molar-refractivity contribution in [1.82, 2.24) is 0 Å². The summed E-state index contributed by atoms with van der Waals surface area (Å²) in [6.07, 6.45) is -0.0741. The second kappa shape index (κ2) is 6.78. The van der Waals surface area contributed by atoms with E-state index in [-0.39, 0.29) is 0 Å². The molecular formula is C12H13F3N2O. The van der Waals surface area contributed by atoms with Crippen molar-refractivity contribution in [2.75, 3.05) is 5.43 Å². The van der Waals surface area contributed by atoms with Gasteiger partial charge in [0.15, 0.2) is 0 Å². The quantitative estimate of drug-likeness (QED) is 0.367. The fraction of sp³-hybridized carbons (Fsp3) is 0.333. The zero-order chi connectivity index (χ0) is 13.4. The van der Waals surface area contributed by atoms with E-state index in [1.807, 2.05) is 0 Å². The van der Waals surface area contributed by atoms with Crippen molar-refractivity contribution in [2.24, 2.45) is 5.10 Å². The normalized spacial score (nSPS) is 11.7. The molecule has 0 bridgehead atoms. The number of aldehydes is 1. The van der Waals surface area contributed by atoms with Gasteiger partial charge >= 0.3 is 6.18 Å². The minimum Gasteiger partial charge on any atom is -0.303 e. The Kier molecular flexibility index (Phi) is 5.35. The van der Waals surface area contributed by atoms with Crippen LogP contribution in [0.1, 0.15) is 24.8 Å². The molecule has 0 saturated carbocycles. The Hall–Kier alpha value is -1.85. The van der Waals surface area contributed by atoms with Crippen LogP contribution in [0.25, 0.3) is 0 Å². The lowest BCUT2D eigenvalue weighted by atomic mass is 10.2. The summed E-state index contributed by atoms with van der Waals surface area (Å²) < 4.78 is 36.8. The molecule has 1 N–H and O–H groups in total. The maximum absolute atomic E-state index is 12.3. The second-order valence-corrected chi connectivity index (χ2v) is 3.60. The number of hydrogen-bond acceptors (Lipinski definition) is 3. The van der Waals surface area contributed by atoms with Crippen molar-refractivity contribution in [3.8, 4) is 0 Å². The Morgan fingerprint density at radius 3 is 2.39 bits per heavy atom. The zero-order valence-electron chi connectivity index (χ0n) is 9.57. The van der Waals surface area contributed by atoms with Crippen molar-refractivity contribution in [3.63, 3.8) is 0 Å². The molecule has 18 heavy (non-hydrogen) atoms. The van der Waals surface area contributed by atoms with Crippen LogP contribution in [0.5, 0.6) is 0 Å². The molecule has 0 unspecified atom stereocenters. The van der Waals surface area contributed by atoms with E-state index < -0.39 is 11.7 Å². The lowest BCUT2D eigenvalue weighted by molar-refractivity contribution is -0.137. The van der Waals surface area contributed by atoms with E-state index in [0.717, 1.165) is 18.4 Å². The number of hydrazone groups is 1. The Morgan fingerprint density at radius 1 is 1.17 bits per heavy atom. The van der Waals surface area contributed by atoms with Gasteiger partial charge in [-0.15, -0.1) is 0 Å². The van der Waals surface area contributed by atoms with E-state index in [9.17, 15) is 18.0 Å². The first-order chi connectivity index (χ1) is 8.54. The Balaban J connectivity index is 2.42. The number of nitrogens with one attached hydrogen (secondary N) is 1. The van der Waals surface area contributed by atoms with Crippen LogP contribution in [0, 0.1) is 0 Å². The maximum Gasteiger partial charge on any atom is 0.416 e. The van der Waals surface area contributed by atoms with Crippen LogP contribution in [-0.2, 0) is 11.0 Å². The van der Waals surface area contributed by atoms with Crippen LogP contribution >= 0.6 is 0 Å². The number of hydrogen-bond donors (Lipinski definition) is 1. The van der Waals surface area contributed by atoms with E-state index in [1.54, 1.807) is 6.21 Å². The smallest absolute Gasteiger partial charge is 0.303 e. The SMILES string of the molecule is O=CCCCC=NNc1ccc(C(F)(F)F)cc1. The van der Waals surface area contributed by atoms with Gasteiger partial charge in [0.25, 0.3) is 0 Å². The minimum absolute atomic E-state index is 0.478. The highest BCUT2D eigenvalue weighted by Crippen LogP contribution is 2.29. The maximum atomic E-state index is 12.3. The highest BCUT2D eigenvalue weighted by molar-refractivity contribution is 5.60. The van der Waals surface area contributed by atoms with Crippen LogP contribution < -0.4 is 5.43 Å². The third-order valence-corrected chi connectivity index (χ3v) is 2.15. The lowest BCUT2D eigenvalue weighted by Crippen LogP contribution is -2.04. The van der Waals surface area contributed by atoms with Gasteiger partial charge in [-0.1, -0.05) is 0 Å². The summed E-state index contributed by atoms with van der Waals surface area (Å²) in [6.45, 7) is 0. The van der Waals surface area contributed by atoms with Crippen molar-refractivity contribution in [1.29, 1.82) is 0 Å². The Bertz CT molecular complexity index is 399. The molecule has 1 aromatic carbocycles. The van der Waals surface area contributed by atoms with E-state index in [4.69, 9.17) is 0 Å². The van der Waals surface area contributed by atoms with Crippen molar-refractivity contribution in [2.45, 2.75) is 25.4 Å². The van der Waals surface area contributed by atoms with Crippen LogP contribution in [-0.4, -0.2) is 12.5 Å². The standard InChI is InChI=1S/C12H13F3N2O/c13-12(14,15)10-4-6-11(7-5-10)17-16-8-2-1-3-9-18/h4-9,17H,1-3H2. The summed E-state index contributed by atoms with van der Waals surface area (Å²) in [5, 5.41) is 3.83. The number of unbranched alkanes of at least 4 members (excludes halogenated alkanes) is 2. The summed E-state index contributed by atoms with van der Waals surface area (Å²) in [4.78, 5) is 10.0. The Labute approximate surface area is 103 Å².